The molecule has 2 rings (SSSR count). The van der Waals surface area contributed by atoms with Crippen molar-refractivity contribution in [1.82, 2.24) is 5.32 Å². The predicted octanol–water partition coefficient (Wildman–Crippen LogP) is 4.09. The van der Waals surface area contributed by atoms with Gasteiger partial charge in [0.05, 0.1) is 6.61 Å². The summed E-state index contributed by atoms with van der Waals surface area (Å²) in [5.74, 6) is 1.69. The van der Waals surface area contributed by atoms with E-state index >= 15 is 0 Å². The SMILES string of the molecule is CCCOc1cc(C)c(C(=O)C2CCCNC2)cc1C(C)C. The van der Waals surface area contributed by atoms with Crippen LogP contribution in [0.2, 0.25) is 0 Å². The van der Waals surface area contributed by atoms with Crippen molar-refractivity contribution in [3.05, 3.63) is 28.8 Å². The number of ether oxygens (including phenoxy) is 1. The number of carbonyl (C=O) groups excluding carboxylic acids is 1. The van der Waals surface area contributed by atoms with Crippen LogP contribution in [-0.4, -0.2) is 25.5 Å². The standard InChI is InChI=1S/C19H29NO2/c1-5-9-22-18-10-14(4)17(11-16(18)13(2)3)19(21)15-7-6-8-20-12-15/h10-11,13,15,20H,5-9,12H2,1-4H3. The molecular formula is C19H29NO2. The Kier molecular flexibility index (Phi) is 6.01. The summed E-state index contributed by atoms with van der Waals surface area (Å²) in [6.45, 7) is 11.0. The van der Waals surface area contributed by atoms with Gasteiger partial charge in [-0.1, -0.05) is 20.8 Å². The summed E-state index contributed by atoms with van der Waals surface area (Å²) in [5, 5.41) is 3.34. The molecule has 1 aromatic rings. The number of rotatable bonds is 6. The van der Waals surface area contributed by atoms with Crippen molar-refractivity contribution in [3.63, 3.8) is 0 Å². The molecule has 0 amide bonds. The number of ketones is 1. The zero-order chi connectivity index (χ0) is 16.1. The van der Waals surface area contributed by atoms with E-state index in [9.17, 15) is 4.79 Å². The lowest BCUT2D eigenvalue weighted by Crippen LogP contribution is -2.34. The molecule has 0 bridgehead atoms. The van der Waals surface area contributed by atoms with Gasteiger partial charge in [0, 0.05) is 18.0 Å². The Balaban J connectivity index is 2.31. The lowest BCUT2D eigenvalue weighted by Gasteiger charge is -2.23. The van der Waals surface area contributed by atoms with E-state index < -0.39 is 0 Å². The van der Waals surface area contributed by atoms with Crippen molar-refractivity contribution < 1.29 is 9.53 Å². The summed E-state index contributed by atoms with van der Waals surface area (Å²) < 4.78 is 5.89. The Morgan fingerprint density at radius 3 is 2.77 bits per heavy atom. The second-order valence-corrected chi connectivity index (χ2v) is 6.62. The molecule has 1 heterocycles. The average molecular weight is 303 g/mol. The van der Waals surface area contributed by atoms with Crippen LogP contribution in [0.1, 0.15) is 67.4 Å². The van der Waals surface area contributed by atoms with Gasteiger partial charge in [0.1, 0.15) is 5.75 Å². The first-order valence-corrected chi connectivity index (χ1v) is 8.56. The van der Waals surface area contributed by atoms with E-state index in [2.05, 4.69) is 38.2 Å². The minimum atomic E-state index is 0.120. The van der Waals surface area contributed by atoms with Crippen molar-refractivity contribution >= 4 is 5.78 Å². The smallest absolute Gasteiger partial charge is 0.167 e. The first-order valence-electron chi connectivity index (χ1n) is 8.56. The maximum absolute atomic E-state index is 12.8. The molecule has 1 aliphatic rings. The Morgan fingerprint density at radius 1 is 1.41 bits per heavy atom. The molecular weight excluding hydrogens is 274 g/mol. The van der Waals surface area contributed by atoms with E-state index in [1.165, 1.54) is 0 Å². The van der Waals surface area contributed by atoms with Crippen LogP contribution in [0.5, 0.6) is 5.75 Å². The van der Waals surface area contributed by atoms with E-state index in [1.807, 2.05) is 6.92 Å². The topological polar surface area (TPSA) is 38.3 Å². The van der Waals surface area contributed by atoms with Gasteiger partial charge in [0.25, 0.3) is 0 Å². The van der Waals surface area contributed by atoms with Gasteiger partial charge in [-0.3, -0.25) is 4.79 Å². The minimum absolute atomic E-state index is 0.120. The van der Waals surface area contributed by atoms with Crippen LogP contribution in [0.15, 0.2) is 12.1 Å². The zero-order valence-electron chi connectivity index (χ0n) is 14.4. The molecule has 0 spiro atoms. The number of carbonyl (C=O) groups is 1. The summed E-state index contributed by atoms with van der Waals surface area (Å²) in [6, 6.07) is 4.12. The maximum Gasteiger partial charge on any atom is 0.167 e. The lowest BCUT2D eigenvalue weighted by atomic mass is 9.87. The van der Waals surface area contributed by atoms with Gasteiger partial charge in [0.2, 0.25) is 0 Å². The number of Topliss-reactive ketones (excluding diaryl/α,β-unsaturated/α-hetero) is 1. The van der Waals surface area contributed by atoms with Crippen LogP contribution in [-0.2, 0) is 0 Å². The van der Waals surface area contributed by atoms with Crippen molar-refractivity contribution in [3.8, 4) is 5.75 Å². The number of hydrogen-bond donors (Lipinski definition) is 1. The molecule has 0 aromatic heterocycles. The Morgan fingerprint density at radius 2 is 2.18 bits per heavy atom. The fourth-order valence-electron chi connectivity index (χ4n) is 3.05. The highest BCUT2D eigenvalue weighted by molar-refractivity contribution is 5.99. The number of benzene rings is 1. The van der Waals surface area contributed by atoms with Gasteiger partial charge >= 0.3 is 0 Å². The van der Waals surface area contributed by atoms with Crippen molar-refractivity contribution in [2.24, 2.45) is 5.92 Å². The highest BCUT2D eigenvalue weighted by Crippen LogP contribution is 2.31. The van der Waals surface area contributed by atoms with Gasteiger partial charge in [0.15, 0.2) is 5.78 Å². The normalized spacial score (nSPS) is 18.5. The number of nitrogens with one attached hydrogen (secondary N) is 1. The second kappa shape index (κ2) is 7.77. The van der Waals surface area contributed by atoms with Crippen molar-refractivity contribution in [2.45, 2.75) is 52.9 Å². The van der Waals surface area contributed by atoms with E-state index in [4.69, 9.17) is 4.74 Å². The molecule has 1 aromatic carbocycles. The molecule has 3 heteroatoms. The molecule has 1 atom stereocenters. The molecule has 0 aliphatic carbocycles. The van der Waals surface area contributed by atoms with Crippen LogP contribution in [0, 0.1) is 12.8 Å². The monoisotopic (exact) mass is 303 g/mol. The number of piperidine rings is 1. The van der Waals surface area contributed by atoms with Crippen LogP contribution >= 0.6 is 0 Å². The number of hydrogen-bond acceptors (Lipinski definition) is 3. The third-order valence-corrected chi connectivity index (χ3v) is 4.37. The summed E-state index contributed by atoms with van der Waals surface area (Å²) in [7, 11) is 0. The first kappa shape index (κ1) is 17.0. The van der Waals surface area contributed by atoms with Gasteiger partial charge in [-0.25, -0.2) is 0 Å². The first-order chi connectivity index (χ1) is 10.5. The van der Waals surface area contributed by atoms with E-state index in [0.29, 0.717) is 5.92 Å². The van der Waals surface area contributed by atoms with Crippen molar-refractivity contribution in [1.29, 1.82) is 0 Å². The highest BCUT2D eigenvalue weighted by Gasteiger charge is 2.25. The largest absolute Gasteiger partial charge is 0.493 e. The van der Waals surface area contributed by atoms with Crippen LogP contribution in [0.4, 0.5) is 0 Å². The molecule has 3 nitrogen and oxygen atoms in total. The van der Waals surface area contributed by atoms with Crippen LogP contribution in [0.25, 0.3) is 0 Å². The quantitative estimate of drug-likeness (QED) is 0.804. The van der Waals surface area contributed by atoms with Gasteiger partial charge in [-0.2, -0.15) is 0 Å². The lowest BCUT2D eigenvalue weighted by molar-refractivity contribution is 0.0899. The third-order valence-electron chi connectivity index (χ3n) is 4.37. The molecule has 0 radical (unpaired) electrons. The Bertz CT molecular complexity index is 516. The predicted molar refractivity (Wildman–Crippen MR) is 91.0 cm³/mol. The number of aryl methyl sites for hydroxylation is 1. The van der Waals surface area contributed by atoms with Gasteiger partial charge in [-0.05, 0) is 61.9 Å². The van der Waals surface area contributed by atoms with E-state index in [0.717, 1.165) is 61.4 Å². The zero-order valence-corrected chi connectivity index (χ0v) is 14.4. The molecule has 1 fully saturated rings. The Labute approximate surface area is 134 Å². The molecule has 1 unspecified atom stereocenters. The summed E-state index contributed by atoms with van der Waals surface area (Å²) in [6.07, 6.45) is 3.07. The molecule has 22 heavy (non-hydrogen) atoms. The Hall–Kier alpha value is -1.35. The summed E-state index contributed by atoms with van der Waals surface area (Å²) in [4.78, 5) is 12.8. The highest BCUT2D eigenvalue weighted by atomic mass is 16.5. The summed E-state index contributed by atoms with van der Waals surface area (Å²) in [5.41, 5.74) is 3.05. The van der Waals surface area contributed by atoms with Crippen LogP contribution < -0.4 is 10.1 Å². The van der Waals surface area contributed by atoms with Gasteiger partial charge in [-0.15, -0.1) is 0 Å². The molecule has 122 valence electrons. The second-order valence-electron chi connectivity index (χ2n) is 6.62. The fraction of sp³-hybridized carbons (Fsp3) is 0.632. The molecule has 1 N–H and O–H groups in total. The average Bonchev–Trinajstić information content (AvgIpc) is 2.52. The molecule has 1 aliphatic heterocycles. The molecule has 1 saturated heterocycles. The summed E-state index contributed by atoms with van der Waals surface area (Å²) >= 11 is 0. The minimum Gasteiger partial charge on any atom is -0.493 e. The van der Waals surface area contributed by atoms with Gasteiger partial charge < -0.3 is 10.1 Å². The molecule has 0 saturated carbocycles. The van der Waals surface area contributed by atoms with Crippen LogP contribution in [0.3, 0.4) is 0 Å². The van der Waals surface area contributed by atoms with E-state index in [-0.39, 0.29) is 11.7 Å². The fourth-order valence-corrected chi connectivity index (χ4v) is 3.05. The van der Waals surface area contributed by atoms with Crippen molar-refractivity contribution in [2.75, 3.05) is 19.7 Å². The third kappa shape index (κ3) is 3.89. The van der Waals surface area contributed by atoms with E-state index in [1.54, 1.807) is 0 Å². The maximum atomic E-state index is 12.8.